The van der Waals surface area contributed by atoms with Crippen molar-refractivity contribution in [1.29, 1.82) is 0 Å². The lowest BCUT2D eigenvalue weighted by Gasteiger charge is -2.19. The largest absolute Gasteiger partial charge is 0.373 e. The number of amides is 1. The SMILES string of the molecule is CC.CC(=O)NC(C=O)/N=C(/c1ccccc1)c1cccc2c1N(C)CC2. The smallest absolute Gasteiger partial charge is 0.218 e. The summed E-state index contributed by atoms with van der Waals surface area (Å²) in [7, 11) is 2.06. The summed E-state index contributed by atoms with van der Waals surface area (Å²) >= 11 is 0. The van der Waals surface area contributed by atoms with E-state index in [1.807, 2.05) is 56.3 Å². The molecule has 1 aliphatic heterocycles. The predicted octanol–water partition coefficient (Wildman–Crippen LogP) is 3.20. The first-order valence-electron chi connectivity index (χ1n) is 9.29. The molecule has 142 valence electrons. The summed E-state index contributed by atoms with van der Waals surface area (Å²) in [5.41, 5.74) is 5.00. The molecule has 0 fully saturated rings. The molecule has 0 aromatic heterocycles. The highest BCUT2D eigenvalue weighted by Gasteiger charge is 2.23. The number of carbonyl (C=O) groups is 2. The third-order valence-corrected chi connectivity index (χ3v) is 4.27. The molecule has 0 saturated carbocycles. The van der Waals surface area contributed by atoms with Crippen LogP contribution >= 0.6 is 0 Å². The Bertz CT molecular complexity index is 816. The molecule has 2 aromatic carbocycles. The van der Waals surface area contributed by atoms with Gasteiger partial charge in [0.1, 0.15) is 0 Å². The summed E-state index contributed by atoms with van der Waals surface area (Å²) < 4.78 is 0. The molecule has 0 bridgehead atoms. The lowest BCUT2D eigenvalue weighted by Crippen LogP contribution is -2.34. The van der Waals surface area contributed by atoms with E-state index in [1.165, 1.54) is 12.5 Å². The molecule has 5 heteroatoms. The van der Waals surface area contributed by atoms with Crippen LogP contribution < -0.4 is 10.2 Å². The van der Waals surface area contributed by atoms with Crippen molar-refractivity contribution in [3.8, 4) is 0 Å². The molecule has 1 atom stereocenters. The second-order valence-corrected chi connectivity index (χ2v) is 6.11. The molecule has 1 N–H and O–H groups in total. The number of carbonyl (C=O) groups excluding carboxylic acids is 2. The van der Waals surface area contributed by atoms with Crippen LogP contribution in [0.2, 0.25) is 0 Å². The van der Waals surface area contributed by atoms with Crippen molar-refractivity contribution in [2.45, 2.75) is 33.4 Å². The van der Waals surface area contributed by atoms with Crippen LogP contribution in [0.25, 0.3) is 0 Å². The van der Waals surface area contributed by atoms with Crippen molar-refractivity contribution in [2.24, 2.45) is 4.99 Å². The maximum absolute atomic E-state index is 11.4. The topological polar surface area (TPSA) is 61.8 Å². The first-order chi connectivity index (χ1) is 13.1. The molecular formula is C22H27N3O2. The number of likely N-dealkylation sites (N-methyl/N-ethyl adjacent to an activating group) is 1. The van der Waals surface area contributed by atoms with Crippen molar-refractivity contribution in [1.82, 2.24) is 5.32 Å². The number of anilines is 1. The van der Waals surface area contributed by atoms with Gasteiger partial charge in [0, 0.05) is 37.3 Å². The lowest BCUT2D eigenvalue weighted by molar-refractivity contribution is -0.122. The van der Waals surface area contributed by atoms with E-state index in [4.69, 9.17) is 0 Å². The van der Waals surface area contributed by atoms with Crippen molar-refractivity contribution in [3.05, 3.63) is 65.2 Å². The predicted molar refractivity (Wildman–Crippen MR) is 111 cm³/mol. The van der Waals surface area contributed by atoms with Crippen LogP contribution in [0.15, 0.2) is 53.5 Å². The number of aliphatic imine (C=N–C) groups is 1. The van der Waals surface area contributed by atoms with Gasteiger partial charge in [-0.15, -0.1) is 0 Å². The molecule has 0 spiro atoms. The Morgan fingerprint density at radius 3 is 2.48 bits per heavy atom. The van der Waals surface area contributed by atoms with Gasteiger partial charge < -0.3 is 10.2 Å². The summed E-state index contributed by atoms with van der Waals surface area (Å²) in [5, 5.41) is 2.57. The number of hydrogen-bond acceptors (Lipinski definition) is 4. The van der Waals surface area contributed by atoms with Crippen molar-refractivity contribution in [2.75, 3.05) is 18.5 Å². The monoisotopic (exact) mass is 365 g/mol. The first kappa shape index (κ1) is 20.4. The Hall–Kier alpha value is -2.95. The molecule has 3 rings (SSSR count). The third-order valence-electron chi connectivity index (χ3n) is 4.27. The average Bonchev–Trinajstić information content (AvgIpc) is 3.08. The quantitative estimate of drug-likeness (QED) is 0.654. The highest BCUT2D eigenvalue weighted by Crippen LogP contribution is 2.32. The van der Waals surface area contributed by atoms with Gasteiger partial charge in [0.05, 0.1) is 5.71 Å². The van der Waals surface area contributed by atoms with Gasteiger partial charge in [0.15, 0.2) is 12.5 Å². The Morgan fingerprint density at radius 2 is 1.85 bits per heavy atom. The van der Waals surface area contributed by atoms with Crippen LogP contribution in [0.4, 0.5) is 5.69 Å². The van der Waals surface area contributed by atoms with Gasteiger partial charge in [-0.25, -0.2) is 0 Å². The Kier molecular flexibility index (Phi) is 7.29. The maximum Gasteiger partial charge on any atom is 0.218 e. The van der Waals surface area contributed by atoms with Gasteiger partial charge in [-0.3, -0.25) is 14.6 Å². The molecule has 1 aliphatic rings. The summed E-state index contributed by atoms with van der Waals surface area (Å²) in [6.07, 6.45) is 0.733. The highest BCUT2D eigenvalue weighted by molar-refractivity contribution is 6.17. The third kappa shape index (κ3) is 4.82. The molecule has 1 unspecified atom stereocenters. The van der Waals surface area contributed by atoms with Crippen LogP contribution in [0.5, 0.6) is 0 Å². The van der Waals surface area contributed by atoms with Crippen LogP contribution in [0.3, 0.4) is 0 Å². The molecular weight excluding hydrogens is 338 g/mol. The fourth-order valence-electron chi connectivity index (χ4n) is 3.17. The second-order valence-electron chi connectivity index (χ2n) is 6.11. The molecule has 1 heterocycles. The molecule has 0 saturated heterocycles. The van der Waals surface area contributed by atoms with Gasteiger partial charge in [-0.1, -0.05) is 62.4 Å². The van der Waals surface area contributed by atoms with E-state index in [-0.39, 0.29) is 5.91 Å². The number of aldehydes is 1. The molecule has 0 aliphatic carbocycles. The zero-order chi connectivity index (χ0) is 19.8. The van der Waals surface area contributed by atoms with Crippen LogP contribution in [0, 0.1) is 0 Å². The number of para-hydroxylation sites is 1. The van der Waals surface area contributed by atoms with E-state index in [2.05, 4.69) is 28.3 Å². The molecule has 1 amide bonds. The molecule has 2 aromatic rings. The zero-order valence-corrected chi connectivity index (χ0v) is 16.4. The minimum Gasteiger partial charge on any atom is -0.373 e. The van der Waals surface area contributed by atoms with Gasteiger partial charge >= 0.3 is 0 Å². The van der Waals surface area contributed by atoms with Crippen LogP contribution in [0.1, 0.15) is 37.5 Å². The van der Waals surface area contributed by atoms with E-state index in [9.17, 15) is 9.59 Å². The van der Waals surface area contributed by atoms with Crippen molar-refractivity contribution >= 4 is 23.6 Å². The fraction of sp³-hybridized carbons (Fsp3) is 0.318. The summed E-state index contributed by atoms with van der Waals surface area (Å²) in [6.45, 7) is 6.33. The normalized spacial score (nSPS) is 13.9. The number of hydrogen-bond donors (Lipinski definition) is 1. The average molecular weight is 365 g/mol. The number of nitrogens with zero attached hydrogens (tertiary/aromatic N) is 2. The minimum absolute atomic E-state index is 0.288. The maximum atomic E-state index is 11.4. The molecule has 27 heavy (non-hydrogen) atoms. The minimum atomic E-state index is -0.907. The number of rotatable bonds is 5. The zero-order valence-electron chi connectivity index (χ0n) is 16.4. The van der Waals surface area contributed by atoms with Crippen LogP contribution in [-0.2, 0) is 16.0 Å². The van der Waals surface area contributed by atoms with Gasteiger partial charge in [-0.2, -0.15) is 0 Å². The van der Waals surface area contributed by atoms with E-state index < -0.39 is 6.17 Å². The Balaban J connectivity index is 0.00000126. The van der Waals surface area contributed by atoms with Gasteiger partial charge in [-0.05, 0) is 12.0 Å². The molecule has 5 nitrogen and oxygen atoms in total. The first-order valence-corrected chi connectivity index (χ1v) is 9.29. The van der Waals surface area contributed by atoms with Crippen molar-refractivity contribution < 1.29 is 9.59 Å². The van der Waals surface area contributed by atoms with E-state index in [1.54, 1.807) is 0 Å². The van der Waals surface area contributed by atoms with Crippen LogP contribution in [-0.4, -0.2) is 37.7 Å². The van der Waals surface area contributed by atoms with Gasteiger partial charge in [0.25, 0.3) is 0 Å². The van der Waals surface area contributed by atoms with E-state index in [0.29, 0.717) is 12.0 Å². The lowest BCUT2D eigenvalue weighted by atomic mass is 9.98. The summed E-state index contributed by atoms with van der Waals surface area (Å²) in [6, 6.07) is 15.9. The second kappa shape index (κ2) is 9.67. The molecule has 0 radical (unpaired) electrons. The Labute approximate surface area is 161 Å². The summed E-state index contributed by atoms with van der Waals surface area (Å²) in [4.78, 5) is 29.5. The summed E-state index contributed by atoms with van der Waals surface area (Å²) in [5.74, 6) is -0.288. The van der Waals surface area contributed by atoms with E-state index in [0.717, 1.165) is 29.8 Å². The van der Waals surface area contributed by atoms with Gasteiger partial charge in [0.2, 0.25) is 5.91 Å². The standard InChI is InChI=1S/C20H21N3O2.C2H6/c1-14(25)21-18(13-24)22-19(15-7-4-3-5-8-15)17-10-6-9-16-11-12-23(2)20(16)17;1-2/h3-10,13,18H,11-12H2,1-2H3,(H,21,25);1-2H3/b22-19-;. The Morgan fingerprint density at radius 1 is 1.15 bits per heavy atom. The highest BCUT2D eigenvalue weighted by atomic mass is 16.2. The number of fused-ring (bicyclic) bond motifs is 1. The number of nitrogens with one attached hydrogen (secondary N) is 1. The number of benzene rings is 2. The fourth-order valence-corrected chi connectivity index (χ4v) is 3.17. The van der Waals surface area contributed by atoms with Crippen molar-refractivity contribution in [3.63, 3.8) is 0 Å². The van der Waals surface area contributed by atoms with E-state index >= 15 is 0 Å².